The number of aromatic nitrogens is 1. The number of halogens is 1. The van der Waals surface area contributed by atoms with Crippen LogP contribution in [0.25, 0.3) is 0 Å². The Balaban J connectivity index is 1.33. The van der Waals surface area contributed by atoms with Crippen LogP contribution in [0.5, 0.6) is 0 Å². The van der Waals surface area contributed by atoms with E-state index in [-0.39, 0.29) is 18.4 Å². The van der Waals surface area contributed by atoms with Gasteiger partial charge < -0.3 is 14.7 Å². The molecule has 3 heterocycles. The standard InChI is InChI=1S/C30H25ClN4O3S/c31-23-7-5-6-21(18-23)20-35-25-19-22(11-12-27(25)39(38)26-9-2-1-8-24(26)30(35)37)29(36)34-16-14-33(15-17-34)28-10-3-4-13-32-28/h1-13,18-19H,14-17,20H2/t39-/m0/s1. The SMILES string of the molecule is O=C(c1ccc2c(c1)N(Cc1cccc(Cl)c1)C(=O)c1ccccc1[S@@]2=O)N1CCN(c2ccccn2)CC1. The second kappa shape index (κ2) is 10.6. The molecule has 3 aromatic carbocycles. The zero-order chi connectivity index (χ0) is 26.9. The molecule has 7 nitrogen and oxygen atoms in total. The lowest BCUT2D eigenvalue weighted by molar-refractivity contribution is 0.0746. The molecule has 0 spiro atoms. The number of amides is 2. The number of carbonyl (C=O) groups excluding carboxylic acids is 2. The largest absolute Gasteiger partial charge is 0.353 e. The topological polar surface area (TPSA) is 73.8 Å². The Hall–Kier alpha value is -4.01. The predicted molar refractivity (Wildman–Crippen MR) is 152 cm³/mol. The first-order chi connectivity index (χ1) is 19.0. The van der Waals surface area contributed by atoms with Crippen molar-refractivity contribution in [3.63, 3.8) is 0 Å². The summed E-state index contributed by atoms with van der Waals surface area (Å²) in [5, 5.41) is 0.563. The van der Waals surface area contributed by atoms with Gasteiger partial charge in [-0.3, -0.25) is 9.59 Å². The van der Waals surface area contributed by atoms with Crippen molar-refractivity contribution in [1.82, 2.24) is 9.88 Å². The molecule has 4 aromatic rings. The monoisotopic (exact) mass is 556 g/mol. The highest BCUT2D eigenvalue weighted by Gasteiger charge is 2.32. The van der Waals surface area contributed by atoms with Crippen LogP contribution in [0.2, 0.25) is 5.02 Å². The molecule has 2 amide bonds. The van der Waals surface area contributed by atoms with Crippen LogP contribution in [0.3, 0.4) is 0 Å². The molecule has 0 unspecified atom stereocenters. The van der Waals surface area contributed by atoms with Gasteiger partial charge in [-0.05, 0) is 60.2 Å². The molecule has 196 valence electrons. The maximum absolute atomic E-state index is 13.8. The molecule has 0 saturated carbocycles. The minimum absolute atomic E-state index is 0.124. The molecule has 2 aliphatic rings. The molecule has 1 aromatic heterocycles. The maximum atomic E-state index is 13.8. The van der Waals surface area contributed by atoms with Crippen LogP contribution in [0.4, 0.5) is 11.5 Å². The minimum Gasteiger partial charge on any atom is -0.353 e. The van der Waals surface area contributed by atoms with Gasteiger partial charge in [0.15, 0.2) is 0 Å². The van der Waals surface area contributed by atoms with Gasteiger partial charge in [0.25, 0.3) is 11.8 Å². The third-order valence-corrected chi connectivity index (χ3v) is 8.76. The Morgan fingerprint density at radius 1 is 0.872 bits per heavy atom. The number of pyridine rings is 1. The smallest absolute Gasteiger partial charge is 0.259 e. The van der Waals surface area contributed by atoms with Crippen molar-refractivity contribution in [2.45, 2.75) is 16.3 Å². The number of fused-ring (bicyclic) bond motifs is 2. The molecule has 6 rings (SSSR count). The Labute approximate surface area is 234 Å². The number of hydrogen-bond acceptors (Lipinski definition) is 5. The van der Waals surface area contributed by atoms with Crippen LogP contribution in [-0.4, -0.2) is 52.1 Å². The molecular weight excluding hydrogens is 532 g/mol. The van der Waals surface area contributed by atoms with E-state index in [0.717, 1.165) is 11.4 Å². The van der Waals surface area contributed by atoms with Gasteiger partial charge in [0.2, 0.25) is 0 Å². The van der Waals surface area contributed by atoms with Gasteiger partial charge in [-0.2, -0.15) is 0 Å². The Morgan fingerprint density at radius 3 is 2.44 bits per heavy atom. The first kappa shape index (κ1) is 25.3. The van der Waals surface area contributed by atoms with Crippen LogP contribution in [0, 0.1) is 0 Å². The van der Waals surface area contributed by atoms with Crippen molar-refractivity contribution in [2.75, 3.05) is 36.0 Å². The summed E-state index contributed by atoms with van der Waals surface area (Å²) in [6, 6.07) is 25.2. The van der Waals surface area contributed by atoms with Gasteiger partial charge in [-0.25, -0.2) is 9.19 Å². The summed E-state index contributed by atoms with van der Waals surface area (Å²) in [6.07, 6.45) is 1.77. The molecule has 1 fully saturated rings. The van der Waals surface area contributed by atoms with Crippen molar-refractivity contribution < 1.29 is 13.8 Å². The van der Waals surface area contributed by atoms with Gasteiger partial charge in [-0.1, -0.05) is 41.9 Å². The Morgan fingerprint density at radius 2 is 1.67 bits per heavy atom. The number of rotatable bonds is 4. The Bertz CT molecular complexity index is 1590. The van der Waals surface area contributed by atoms with E-state index in [1.807, 2.05) is 35.2 Å². The minimum atomic E-state index is -1.59. The lowest BCUT2D eigenvalue weighted by atomic mass is 10.1. The van der Waals surface area contributed by atoms with E-state index in [1.54, 1.807) is 65.7 Å². The second-order valence-electron chi connectivity index (χ2n) is 9.44. The zero-order valence-corrected chi connectivity index (χ0v) is 22.6. The third-order valence-electron chi connectivity index (χ3n) is 7.03. The predicted octanol–water partition coefficient (Wildman–Crippen LogP) is 5.02. The molecule has 39 heavy (non-hydrogen) atoms. The van der Waals surface area contributed by atoms with E-state index < -0.39 is 10.8 Å². The van der Waals surface area contributed by atoms with E-state index in [4.69, 9.17) is 11.6 Å². The molecule has 0 bridgehead atoms. The molecule has 2 aliphatic heterocycles. The average molecular weight is 557 g/mol. The van der Waals surface area contributed by atoms with Crippen LogP contribution >= 0.6 is 11.6 Å². The van der Waals surface area contributed by atoms with Gasteiger partial charge >= 0.3 is 0 Å². The van der Waals surface area contributed by atoms with E-state index >= 15 is 0 Å². The van der Waals surface area contributed by atoms with Gasteiger partial charge in [-0.15, -0.1) is 0 Å². The van der Waals surface area contributed by atoms with Gasteiger partial charge in [0.05, 0.1) is 38.4 Å². The highest BCUT2D eigenvalue weighted by atomic mass is 35.5. The quantitative estimate of drug-likeness (QED) is 0.353. The first-order valence-electron chi connectivity index (χ1n) is 12.7. The number of nitrogens with zero attached hydrogens (tertiary/aromatic N) is 4. The fraction of sp³-hybridized carbons (Fsp3) is 0.167. The summed E-state index contributed by atoms with van der Waals surface area (Å²) >= 11 is 6.23. The van der Waals surface area contributed by atoms with Crippen molar-refractivity contribution in [1.29, 1.82) is 0 Å². The van der Waals surface area contributed by atoms with E-state index in [9.17, 15) is 13.8 Å². The van der Waals surface area contributed by atoms with Gasteiger partial charge in [0.1, 0.15) is 5.82 Å². The molecule has 0 radical (unpaired) electrons. The summed E-state index contributed by atoms with van der Waals surface area (Å²) < 4.78 is 13.7. The van der Waals surface area contributed by atoms with Crippen LogP contribution in [0.15, 0.2) is 101 Å². The van der Waals surface area contributed by atoms with Crippen molar-refractivity contribution in [2.24, 2.45) is 0 Å². The first-order valence-corrected chi connectivity index (χ1v) is 14.2. The van der Waals surface area contributed by atoms with Crippen LogP contribution in [-0.2, 0) is 17.3 Å². The molecule has 0 aliphatic carbocycles. The zero-order valence-electron chi connectivity index (χ0n) is 21.0. The molecule has 9 heteroatoms. The summed E-state index contributed by atoms with van der Waals surface area (Å²) in [5.74, 6) is 0.499. The second-order valence-corrected chi connectivity index (χ2v) is 11.3. The van der Waals surface area contributed by atoms with E-state index in [2.05, 4.69) is 9.88 Å². The number of benzene rings is 3. The fourth-order valence-corrected chi connectivity index (χ4v) is 6.59. The summed E-state index contributed by atoms with van der Waals surface area (Å²) in [7, 11) is -1.59. The van der Waals surface area contributed by atoms with Crippen LogP contribution in [0.1, 0.15) is 26.3 Å². The van der Waals surface area contributed by atoms with Crippen molar-refractivity contribution in [3.05, 3.63) is 113 Å². The van der Waals surface area contributed by atoms with Crippen LogP contribution < -0.4 is 9.80 Å². The average Bonchev–Trinajstić information content (AvgIpc) is 3.06. The summed E-state index contributed by atoms with van der Waals surface area (Å²) in [5.41, 5.74) is 2.13. The third kappa shape index (κ3) is 4.93. The molecule has 0 N–H and O–H groups in total. The highest BCUT2D eigenvalue weighted by molar-refractivity contribution is 7.85. The maximum Gasteiger partial charge on any atom is 0.259 e. The lowest BCUT2D eigenvalue weighted by Crippen LogP contribution is -2.49. The number of hydrogen-bond donors (Lipinski definition) is 0. The summed E-state index contributed by atoms with van der Waals surface area (Å²) in [4.78, 5) is 38.4. The molecular formula is C30H25ClN4O3S. The highest BCUT2D eigenvalue weighted by Crippen LogP contribution is 2.36. The van der Waals surface area contributed by atoms with Crippen molar-refractivity contribution >= 4 is 45.7 Å². The lowest BCUT2D eigenvalue weighted by Gasteiger charge is -2.35. The van der Waals surface area contributed by atoms with Gasteiger partial charge in [0, 0.05) is 43.0 Å². The number of carbonyl (C=O) groups is 2. The Kier molecular flexibility index (Phi) is 6.89. The fourth-order valence-electron chi connectivity index (χ4n) is 5.03. The normalized spacial score (nSPS) is 16.9. The number of anilines is 2. The molecule has 1 atom stereocenters. The molecule has 1 saturated heterocycles. The van der Waals surface area contributed by atoms with Crippen molar-refractivity contribution in [3.8, 4) is 0 Å². The number of piperazine rings is 1. The summed E-state index contributed by atoms with van der Waals surface area (Å²) in [6.45, 7) is 2.67. The van der Waals surface area contributed by atoms with E-state index in [0.29, 0.717) is 57.8 Å². The van der Waals surface area contributed by atoms with E-state index in [1.165, 1.54) is 0 Å².